The number of thioether (sulfide) groups is 1. The Balaban J connectivity index is 1.89. The Morgan fingerprint density at radius 1 is 1.33 bits per heavy atom. The molecule has 0 atom stereocenters. The van der Waals surface area contributed by atoms with Crippen molar-refractivity contribution in [2.24, 2.45) is 5.92 Å². The predicted octanol–water partition coefficient (Wildman–Crippen LogP) is 3.91. The third kappa shape index (κ3) is 3.82. The van der Waals surface area contributed by atoms with Gasteiger partial charge >= 0.3 is 0 Å². The van der Waals surface area contributed by atoms with E-state index < -0.39 is 0 Å². The van der Waals surface area contributed by atoms with E-state index in [-0.39, 0.29) is 30.4 Å². The van der Waals surface area contributed by atoms with Gasteiger partial charge in [-0.15, -0.1) is 5.10 Å². The summed E-state index contributed by atoms with van der Waals surface area (Å²) in [6.45, 7) is 0.269. The number of nitrogens with zero attached hydrogens (tertiary/aromatic N) is 3. The van der Waals surface area contributed by atoms with Crippen molar-refractivity contribution in [3.63, 3.8) is 0 Å². The van der Waals surface area contributed by atoms with Gasteiger partial charge in [0.2, 0.25) is 5.16 Å². The van der Waals surface area contributed by atoms with Gasteiger partial charge in [0.05, 0.1) is 23.0 Å². The molecule has 8 heteroatoms. The van der Waals surface area contributed by atoms with Crippen LogP contribution in [0.5, 0.6) is 0 Å². The molecule has 1 aliphatic rings. The molecule has 0 bridgehead atoms. The molecule has 1 heterocycles. The van der Waals surface area contributed by atoms with Gasteiger partial charge in [0.25, 0.3) is 0 Å². The van der Waals surface area contributed by atoms with Gasteiger partial charge in [-0.3, -0.25) is 9.59 Å². The van der Waals surface area contributed by atoms with E-state index in [4.69, 9.17) is 23.2 Å². The second-order valence-electron chi connectivity index (χ2n) is 5.66. The van der Waals surface area contributed by atoms with E-state index in [1.807, 2.05) is 6.26 Å². The van der Waals surface area contributed by atoms with Gasteiger partial charge in [-0.25, -0.2) is 9.67 Å². The molecule has 0 saturated heterocycles. The van der Waals surface area contributed by atoms with Crippen molar-refractivity contribution in [1.29, 1.82) is 0 Å². The topological polar surface area (TPSA) is 64.8 Å². The van der Waals surface area contributed by atoms with Crippen LogP contribution in [0.4, 0.5) is 0 Å². The van der Waals surface area contributed by atoms with E-state index in [0.717, 1.165) is 12.8 Å². The minimum Gasteiger partial charge on any atom is -0.299 e. The summed E-state index contributed by atoms with van der Waals surface area (Å²) in [4.78, 5) is 28.6. The molecule has 5 nitrogen and oxygen atoms in total. The number of carbonyl (C=O) groups is 2. The monoisotopic (exact) mass is 383 g/mol. The number of hydrogen-bond acceptors (Lipinski definition) is 5. The number of aromatic nitrogens is 3. The molecule has 0 amide bonds. The smallest absolute Gasteiger partial charge is 0.208 e. The molecular formula is C16H15Cl2N3O2S. The standard InChI is InChI=1S/C16H15Cl2N3O2S/c1-24-16-19-8-21(20-16)7-11-10(4-5-12(17)15(11)18)14(23)6-13(22)9-2-3-9/h4-5,8-9H,2-3,6-7H2,1H3. The molecule has 2 aromatic rings. The molecule has 24 heavy (non-hydrogen) atoms. The second-order valence-corrected chi connectivity index (χ2v) is 7.22. The molecule has 0 N–H and O–H groups in total. The van der Waals surface area contributed by atoms with Crippen molar-refractivity contribution in [2.45, 2.75) is 31.0 Å². The quantitative estimate of drug-likeness (QED) is 0.412. The zero-order valence-corrected chi connectivity index (χ0v) is 15.3. The van der Waals surface area contributed by atoms with Crippen LogP contribution in [-0.2, 0) is 11.3 Å². The van der Waals surface area contributed by atoms with Crippen LogP contribution < -0.4 is 0 Å². The number of rotatable bonds is 7. The molecule has 0 aliphatic heterocycles. The van der Waals surface area contributed by atoms with Gasteiger partial charge in [-0.1, -0.05) is 35.0 Å². The Morgan fingerprint density at radius 3 is 2.71 bits per heavy atom. The highest BCUT2D eigenvalue weighted by Crippen LogP contribution is 2.33. The molecule has 0 spiro atoms. The number of hydrogen-bond donors (Lipinski definition) is 0. The van der Waals surface area contributed by atoms with Crippen molar-refractivity contribution in [1.82, 2.24) is 14.8 Å². The number of halogens is 2. The lowest BCUT2D eigenvalue weighted by Crippen LogP contribution is -2.14. The van der Waals surface area contributed by atoms with Crippen molar-refractivity contribution >= 4 is 46.5 Å². The van der Waals surface area contributed by atoms with Gasteiger partial charge in [0, 0.05) is 17.0 Å². The van der Waals surface area contributed by atoms with E-state index in [1.54, 1.807) is 23.1 Å². The summed E-state index contributed by atoms with van der Waals surface area (Å²) in [5, 5.41) is 5.58. The molecule has 0 radical (unpaired) electrons. The minimum absolute atomic E-state index is 0.00227. The van der Waals surface area contributed by atoms with Gasteiger partial charge in [-0.05, 0) is 31.2 Å². The highest BCUT2D eigenvalue weighted by molar-refractivity contribution is 7.98. The summed E-state index contributed by atoms with van der Waals surface area (Å²) in [5.41, 5.74) is 0.981. The lowest BCUT2D eigenvalue weighted by molar-refractivity contribution is -0.119. The highest BCUT2D eigenvalue weighted by Gasteiger charge is 2.31. The van der Waals surface area contributed by atoms with Crippen LogP contribution in [0, 0.1) is 5.92 Å². The maximum atomic E-state index is 12.6. The van der Waals surface area contributed by atoms with Gasteiger partial charge in [0.1, 0.15) is 12.1 Å². The third-order valence-corrected chi connectivity index (χ3v) is 5.28. The van der Waals surface area contributed by atoms with Crippen LogP contribution in [0.25, 0.3) is 0 Å². The van der Waals surface area contributed by atoms with Crippen LogP contribution in [-0.4, -0.2) is 32.6 Å². The van der Waals surface area contributed by atoms with Gasteiger partial charge in [-0.2, -0.15) is 0 Å². The Kier molecular flexibility index (Phi) is 5.27. The fourth-order valence-electron chi connectivity index (χ4n) is 2.42. The molecule has 1 fully saturated rings. The summed E-state index contributed by atoms with van der Waals surface area (Å²) < 4.78 is 1.60. The number of benzene rings is 1. The van der Waals surface area contributed by atoms with E-state index in [0.29, 0.717) is 26.3 Å². The Labute approximate surface area is 153 Å². The molecule has 3 rings (SSSR count). The molecule has 1 aliphatic carbocycles. The van der Waals surface area contributed by atoms with Crippen molar-refractivity contribution in [3.05, 3.63) is 39.6 Å². The van der Waals surface area contributed by atoms with Crippen LogP contribution >= 0.6 is 35.0 Å². The second kappa shape index (κ2) is 7.25. The summed E-state index contributed by atoms with van der Waals surface area (Å²) in [6.07, 6.45) is 5.13. The fraction of sp³-hybridized carbons (Fsp3) is 0.375. The molecule has 1 aromatic carbocycles. The largest absolute Gasteiger partial charge is 0.299 e. The van der Waals surface area contributed by atoms with E-state index >= 15 is 0 Å². The first-order valence-corrected chi connectivity index (χ1v) is 9.44. The van der Waals surface area contributed by atoms with Crippen LogP contribution in [0.2, 0.25) is 10.0 Å². The highest BCUT2D eigenvalue weighted by atomic mass is 35.5. The maximum Gasteiger partial charge on any atom is 0.208 e. The summed E-state index contributed by atoms with van der Waals surface area (Å²) >= 11 is 13.8. The Hall–Kier alpha value is -1.37. The van der Waals surface area contributed by atoms with E-state index in [2.05, 4.69) is 10.1 Å². The van der Waals surface area contributed by atoms with Crippen molar-refractivity contribution in [2.75, 3.05) is 6.26 Å². The first kappa shape index (κ1) is 17.5. The lowest BCUT2D eigenvalue weighted by atomic mass is 9.98. The molecule has 1 saturated carbocycles. The van der Waals surface area contributed by atoms with Gasteiger partial charge < -0.3 is 0 Å². The Bertz CT molecular complexity index is 803. The molecular weight excluding hydrogens is 369 g/mol. The molecule has 126 valence electrons. The summed E-state index contributed by atoms with van der Waals surface area (Å²) in [6, 6.07) is 3.20. The number of ketones is 2. The van der Waals surface area contributed by atoms with E-state index in [1.165, 1.54) is 11.8 Å². The zero-order valence-electron chi connectivity index (χ0n) is 13.0. The van der Waals surface area contributed by atoms with Gasteiger partial charge in [0.15, 0.2) is 5.78 Å². The predicted molar refractivity (Wildman–Crippen MR) is 94.0 cm³/mol. The molecule has 1 aromatic heterocycles. The zero-order chi connectivity index (χ0) is 17.3. The molecule has 0 unspecified atom stereocenters. The first-order chi connectivity index (χ1) is 11.5. The number of carbonyl (C=O) groups excluding carboxylic acids is 2. The van der Waals surface area contributed by atoms with Crippen LogP contribution in [0.15, 0.2) is 23.6 Å². The summed E-state index contributed by atoms with van der Waals surface area (Å²) in [7, 11) is 0. The normalized spacial score (nSPS) is 14.0. The van der Waals surface area contributed by atoms with Crippen LogP contribution in [0.3, 0.4) is 0 Å². The van der Waals surface area contributed by atoms with Crippen LogP contribution in [0.1, 0.15) is 35.2 Å². The lowest BCUT2D eigenvalue weighted by Gasteiger charge is -2.12. The first-order valence-electron chi connectivity index (χ1n) is 7.45. The average Bonchev–Trinajstić information content (AvgIpc) is 3.32. The van der Waals surface area contributed by atoms with E-state index in [9.17, 15) is 9.59 Å². The average molecular weight is 384 g/mol. The number of Topliss-reactive ketones (excluding diaryl/α,β-unsaturated/α-hetero) is 2. The fourth-order valence-corrected chi connectivity index (χ4v) is 3.16. The van der Waals surface area contributed by atoms with Crippen molar-refractivity contribution < 1.29 is 9.59 Å². The van der Waals surface area contributed by atoms with Crippen molar-refractivity contribution in [3.8, 4) is 0 Å². The third-order valence-electron chi connectivity index (χ3n) is 3.88. The minimum atomic E-state index is -0.231. The SMILES string of the molecule is CSc1ncn(Cc2c(C(=O)CC(=O)C3CC3)ccc(Cl)c2Cl)n1. The Morgan fingerprint density at radius 2 is 2.08 bits per heavy atom. The maximum absolute atomic E-state index is 12.6. The summed E-state index contributed by atoms with van der Waals surface area (Å²) in [5.74, 6) is -0.173.